The molecule has 0 aromatic heterocycles. The molecular weight excluding hydrogens is 203 g/mol. The highest BCUT2D eigenvalue weighted by Gasteiger charge is 2.83. The predicted octanol–water partition coefficient (Wildman–Crippen LogP) is 3.86. The van der Waals surface area contributed by atoms with Gasteiger partial charge in [0.2, 0.25) is 0 Å². The molecule has 4 fully saturated rings. The molecular formula is C11H16Cl2. The average Bonchev–Trinajstić information content (AvgIpc) is 2.46. The first-order chi connectivity index (χ1) is 5.83. The minimum atomic E-state index is -0.403. The van der Waals surface area contributed by atoms with E-state index in [2.05, 4.69) is 20.8 Å². The molecule has 0 nitrogen and oxygen atoms in total. The second-order valence-corrected chi connectivity index (χ2v) is 7.39. The van der Waals surface area contributed by atoms with Crippen LogP contribution in [0, 0.1) is 28.6 Å². The van der Waals surface area contributed by atoms with E-state index in [0.717, 1.165) is 11.8 Å². The van der Waals surface area contributed by atoms with Gasteiger partial charge in [0.25, 0.3) is 0 Å². The van der Waals surface area contributed by atoms with Crippen molar-refractivity contribution in [1.82, 2.24) is 0 Å². The van der Waals surface area contributed by atoms with Crippen molar-refractivity contribution in [2.75, 3.05) is 0 Å². The maximum Gasteiger partial charge on any atom is 0.127 e. The van der Waals surface area contributed by atoms with Crippen LogP contribution in [-0.4, -0.2) is 4.33 Å². The SMILES string of the molecule is CC1(C)C2CC1C1(C)C(C2)C1(Cl)Cl. The largest absolute Gasteiger partial charge is 0.127 e. The predicted molar refractivity (Wildman–Crippen MR) is 56.0 cm³/mol. The van der Waals surface area contributed by atoms with Crippen molar-refractivity contribution in [3.8, 4) is 0 Å². The zero-order chi connectivity index (χ0) is 9.65. The summed E-state index contributed by atoms with van der Waals surface area (Å²) in [7, 11) is 0. The Hall–Kier alpha value is 0.580. The van der Waals surface area contributed by atoms with Crippen molar-refractivity contribution >= 4 is 23.2 Å². The highest BCUT2D eigenvalue weighted by molar-refractivity contribution is 6.52. The Labute approximate surface area is 90.0 Å². The van der Waals surface area contributed by atoms with E-state index in [1.165, 1.54) is 12.8 Å². The number of hydrogen-bond donors (Lipinski definition) is 0. The van der Waals surface area contributed by atoms with Crippen molar-refractivity contribution in [1.29, 1.82) is 0 Å². The zero-order valence-corrected chi connectivity index (χ0v) is 9.91. The Balaban J connectivity index is 2.01. The molecule has 13 heavy (non-hydrogen) atoms. The third kappa shape index (κ3) is 0.678. The molecule has 0 saturated heterocycles. The Morgan fingerprint density at radius 3 is 1.92 bits per heavy atom. The minimum absolute atomic E-state index is 0.231. The van der Waals surface area contributed by atoms with Gasteiger partial charge in [-0.2, -0.15) is 0 Å². The van der Waals surface area contributed by atoms with E-state index >= 15 is 0 Å². The molecule has 74 valence electrons. The molecule has 0 aromatic carbocycles. The topological polar surface area (TPSA) is 0 Å². The lowest BCUT2D eigenvalue weighted by atomic mass is 9.45. The summed E-state index contributed by atoms with van der Waals surface area (Å²) in [6, 6.07) is 0. The molecule has 0 radical (unpaired) electrons. The van der Waals surface area contributed by atoms with E-state index in [1.54, 1.807) is 0 Å². The third-order valence-corrected chi connectivity index (χ3v) is 6.85. The molecule has 4 atom stereocenters. The van der Waals surface area contributed by atoms with Gasteiger partial charge in [-0.25, -0.2) is 0 Å². The average molecular weight is 219 g/mol. The molecule has 0 amide bonds. The van der Waals surface area contributed by atoms with Gasteiger partial charge in [-0.15, -0.1) is 23.2 Å². The number of alkyl halides is 2. The van der Waals surface area contributed by atoms with Gasteiger partial charge in [-0.3, -0.25) is 0 Å². The van der Waals surface area contributed by atoms with E-state index in [4.69, 9.17) is 23.2 Å². The van der Waals surface area contributed by atoms with E-state index in [-0.39, 0.29) is 5.41 Å². The summed E-state index contributed by atoms with van der Waals surface area (Å²) in [5.41, 5.74) is 0.727. The lowest BCUT2D eigenvalue weighted by molar-refractivity contribution is -0.106. The van der Waals surface area contributed by atoms with Crippen LogP contribution in [0.25, 0.3) is 0 Å². The molecule has 4 aliphatic carbocycles. The third-order valence-electron chi connectivity index (χ3n) is 5.51. The first-order valence-corrected chi connectivity index (χ1v) is 5.96. The number of rotatable bonds is 0. The lowest BCUT2D eigenvalue weighted by Crippen LogP contribution is -2.52. The molecule has 0 heterocycles. The summed E-state index contributed by atoms with van der Waals surface area (Å²) in [6.45, 7) is 7.06. The molecule has 4 aliphatic rings. The van der Waals surface area contributed by atoms with E-state index in [0.29, 0.717) is 11.3 Å². The monoisotopic (exact) mass is 218 g/mol. The molecule has 0 aromatic rings. The van der Waals surface area contributed by atoms with Crippen molar-refractivity contribution < 1.29 is 0 Å². The summed E-state index contributed by atoms with van der Waals surface area (Å²) >= 11 is 12.7. The Morgan fingerprint density at radius 2 is 1.54 bits per heavy atom. The van der Waals surface area contributed by atoms with Crippen LogP contribution in [0.15, 0.2) is 0 Å². The van der Waals surface area contributed by atoms with Crippen molar-refractivity contribution in [3.05, 3.63) is 0 Å². The first-order valence-electron chi connectivity index (χ1n) is 5.20. The van der Waals surface area contributed by atoms with Crippen molar-refractivity contribution in [2.24, 2.45) is 28.6 Å². The van der Waals surface area contributed by atoms with Gasteiger partial charge < -0.3 is 0 Å². The fraction of sp³-hybridized carbons (Fsp3) is 1.00. The normalized spacial score (nSPS) is 59.3. The Morgan fingerprint density at radius 1 is 1.00 bits per heavy atom. The maximum atomic E-state index is 6.37. The van der Waals surface area contributed by atoms with E-state index < -0.39 is 4.33 Å². The maximum absolute atomic E-state index is 6.37. The van der Waals surface area contributed by atoms with Gasteiger partial charge in [0.1, 0.15) is 4.33 Å². The van der Waals surface area contributed by atoms with Crippen LogP contribution in [0.3, 0.4) is 0 Å². The van der Waals surface area contributed by atoms with Crippen molar-refractivity contribution in [3.63, 3.8) is 0 Å². The number of hydrogen-bond acceptors (Lipinski definition) is 0. The fourth-order valence-electron chi connectivity index (χ4n) is 4.22. The number of halogens is 2. The standard InChI is InChI=1S/C11H16Cl2/c1-9(2)6-4-7(9)10(3)8(5-6)11(10,12)13/h6-8H,4-5H2,1-3H3. The van der Waals surface area contributed by atoms with Gasteiger partial charge >= 0.3 is 0 Å². The summed E-state index contributed by atoms with van der Waals surface area (Å²) in [5.74, 6) is 2.23. The van der Waals surface area contributed by atoms with Gasteiger partial charge in [-0.05, 0) is 30.1 Å². The van der Waals surface area contributed by atoms with E-state index in [9.17, 15) is 0 Å². The van der Waals surface area contributed by atoms with Crippen LogP contribution in [0.1, 0.15) is 33.6 Å². The quantitative estimate of drug-likeness (QED) is 0.542. The van der Waals surface area contributed by atoms with Crippen LogP contribution in [0.2, 0.25) is 0 Å². The second-order valence-electron chi connectivity index (χ2n) is 6.00. The van der Waals surface area contributed by atoms with Gasteiger partial charge in [0.15, 0.2) is 0 Å². The molecule has 2 bridgehead atoms. The van der Waals surface area contributed by atoms with Gasteiger partial charge in [0.05, 0.1) is 0 Å². The van der Waals surface area contributed by atoms with Gasteiger partial charge in [0, 0.05) is 11.3 Å². The Bertz CT molecular complexity index is 280. The molecule has 0 spiro atoms. The minimum Gasteiger partial charge on any atom is -0.101 e. The molecule has 0 aliphatic heterocycles. The summed E-state index contributed by atoms with van der Waals surface area (Å²) < 4.78 is -0.403. The molecule has 0 N–H and O–H groups in total. The van der Waals surface area contributed by atoms with E-state index in [1.807, 2.05) is 0 Å². The van der Waals surface area contributed by atoms with Crippen LogP contribution in [0.4, 0.5) is 0 Å². The highest BCUT2D eigenvalue weighted by Crippen LogP contribution is 2.85. The summed E-state index contributed by atoms with van der Waals surface area (Å²) in [6.07, 6.45) is 2.62. The molecule has 2 heteroatoms. The van der Waals surface area contributed by atoms with Gasteiger partial charge in [-0.1, -0.05) is 20.8 Å². The van der Waals surface area contributed by atoms with Crippen LogP contribution in [0.5, 0.6) is 0 Å². The van der Waals surface area contributed by atoms with Crippen LogP contribution >= 0.6 is 23.2 Å². The van der Waals surface area contributed by atoms with Crippen LogP contribution in [-0.2, 0) is 0 Å². The highest BCUT2D eigenvalue weighted by atomic mass is 35.5. The lowest BCUT2D eigenvalue weighted by Gasteiger charge is -2.59. The zero-order valence-electron chi connectivity index (χ0n) is 8.40. The van der Waals surface area contributed by atoms with Crippen molar-refractivity contribution in [2.45, 2.75) is 37.9 Å². The summed E-state index contributed by atoms with van der Waals surface area (Å²) in [4.78, 5) is 0. The molecule has 4 unspecified atom stereocenters. The summed E-state index contributed by atoms with van der Waals surface area (Å²) in [5, 5.41) is 0. The molecule has 4 rings (SSSR count). The smallest absolute Gasteiger partial charge is 0.101 e. The molecule has 4 saturated carbocycles. The second kappa shape index (κ2) is 1.93. The van der Waals surface area contributed by atoms with Crippen LogP contribution < -0.4 is 0 Å². The first kappa shape index (κ1) is 8.85. The fourth-order valence-corrected chi connectivity index (χ4v) is 5.27. The Kier molecular flexibility index (Phi) is 1.31.